The minimum atomic E-state index is 0.173. The standard InChI is InChI=1S/C10H14N2OS/c1-3-8(13)10-11-7-4-5-12(2)6-9(7)14-10/h3-6H2,1-2H3. The van der Waals surface area contributed by atoms with Gasteiger partial charge in [-0.25, -0.2) is 4.98 Å². The lowest BCUT2D eigenvalue weighted by molar-refractivity contribution is 0.0987. The van der Waals surface area contributed by atoms with E-state index in [1.807, 2.05) is 6.92 Å². The van der Waals surface area contributed by atoms with Crippen molar-refractivity contribution in [3.8, 4) is 0 Å². The molecule has 1 aromatic rings. The number of Topliss-reactive ketones (excluding diaryl/α,β-unsaturated/α-hetero) is 1. The van der Waals surface area contributed by atoms with Crippen LogP contribution in [0.2, 0.25) is 0 Å². The van der Waals surface area contributed by atoms with Crippen molar-refractivity contribution >= 4 is 17.1 Å². The second-order valence-electron chi connectivity index (χ2n) is 3.65. The highest BCUT2D eigenvalue weighted by Crippen LogP contribution is 2.24. The zero-order valence-corrected chi connectivity index (χ0v) is 9.36. The summed E-state index contributed by atoms with van der Waals surface area (Å²) in [5, 5.41) is 0.702. The van der Waals surface area contributed by atoms with Crippen LogP contribution in [0.4, 0.5) is 0 Å². The smallest absolute Gasteiger partial charge is 0.191 e. The molecule has 0 aromatic carbocycles. The number of ketones is 1. The van der Waals surface area contributed by atoms with Crippen molar-refractivity contribution < 1.29 is 4.79 Å². The molecule has 0 radical (unpaired) electrons. The third-order valence-electron chi connectivity index (χ3n) is 2.48. The van der Waals surface area contributed by atoms with Crippen LogP contribution in [0.15, 0.2) is 0 Å². The van der Waals surface area contributed by atoms with Crippen LogP contribution in [-0.2, 0) is 13.0 Å². The van der Waals surface area contributed by atoms with E-state index in [0.29, 0.717) is 11.4 Å². The second kappa shape index (κ2) is 3.79. The van der Waals surface area contributed by atoms with Crippen LogP contribution in [0.3, 0.4) is 0 Å². The first-order chi connectivity index (χ1) is 6.70. The van der Waals surface area contributed by atoms with Gasteiger partial charge in [-0.3, -0.25) is 4.79 Å². The molecular formula is C10H14N2OS. The van der Waals surface area contributed by atoms with Gasteiger partial charge in [-0.1, -0.05) is 6.92 Å². The molecule has 1 aliphatic heterocycles. The Kier molecular flexibility index (Phi) is 2.65. The summed E-state index contributed by atoms with van der Waals surface area (Å²) in [6, 6.07) is 0. The lowest BCUT2D eigenvalue weighted by Gasteiger charge is -2.20. The third-order valence-corrected chi connectivity index (χ3v) is 3.61. The number of hydrogen-bond donors (Lipinski definition) is 0. The van der Waals surface area contributed by atoms with Crippen molar-refractivity contribution in [3.63, 3.8) is 0 Å². The Labute approximate surface area is 87.8 Å². The minimum Gasteiger partial charge on any atom is -0.301 e. The van der Waals surface area contributed by atoms with Crippen molar-refractivity contribution in [2.75, 3.05) is 13.6 Å². The van der Waals surface area contributed by atoms with Gasteiger partial charge in [0.15, 0.2) is 10.8 Å². The summed E-state index contributed by atoms with van der Waals surface area (Å²) in [5.41, 5.74) is 1.14. The second-order valence-corrected chi connectivity index (χ2v) is 4.74. The van der Waals surface area contributed by atoms with Gasteiger partial charge in [0.05, 0.1) is 5.69 Å². The molecule has 1 aliphatic rings. The molecule has 0 unspecified atom stereocenters. The number of hydrogen-bond acceptors (Lipinski definition) is 4. The molecule has 3 nitrogen and oxygen atoms in total. The largest absolute Gasteiger partial charge is 0.301 e. The summed E-state index contributed by atoms with van der Waals surface area (Å²) in [6.45, 7) is 3.88. The fourth-order valence-corrected chi connectivity index (χ4v) is 2.79. The molecule has 0 fully saturated rings. The Morgan fingerprint density at radius 1 is 1.64 bits per heavy atom. The van der Waals surface area contributed by atoms with Gasteiger partial charge < -0.3 is 4.90 Å². The molecule has 0 N–H and O–H groups in total. The number of rotatable bonds is 2. The molecule has 4 heteroatoms. The average molecular weight is 210 g/mol. The fraction of sp³-hybridized carbons (Fsp3) is 0.600. The summed E-state index contributed by atoms with van der Waals surface area (Å²) < 4.78 is 0. The molecule has 0 saturated heterocycles. The number of likely N-dealkylation sites (N-methyl/N-ethyl adjacent to an activating group) is 1. The van der Waals surface area contributed by atoms with Crippen LogP contribution in [0.5, 0.6) is 0 Å². The van der Waals surface area contributed by atoms with E-state index >= 15 is 0 Å². The van der Waals surface area contributed by atoms with Crippen molar-refractivity contribution in [3.05, 3.63) is 15.6 Å². The number of thiazole rings is 1. The van der Waals surface area contributed by atoms with E-state index in [1.54, 1.807) is 11.3 Å². The molecule has 14 heavy (non-hydrogen) atoms. The Morgan fingerprint density at radius 3 is 3.14 bits per heavy atom. The van der Waals surface area contributed by atoms with E-state index in [4.69, 9.17) is 0 Å². The van der Waals surface area contributed by atoms with Crippen molar-refractivity contribution in [1.82, 2.24) is 9.88 Å². The van der Waals surface area contributed by atoms with Gasteiger partial charge in [0.1, 0.15) is 0 Å². The fourth-order valence-electron chi connectivity index (χ4n) is 1.59. The molecule has 0 bridgehead atoms. The van der Waals surface area contributed by atoms with Gasteiger partial charge >= 0.3 is 0 Å². The van der Waals surface area contributed by atoms with Gasteiger partial charge in [0.25, 0.3) is 0 Å². The number of aromatic nitrogens is 1. The summed E-state index contributed by atoms with van der Waals surface area (Å²) >= 11 is 1.57. The number of carbonyl (C=O) groups excluding carboxylic acids is 1. The Bertz CT molecular complexity index is 359. The summed E-state index contributed by atoms with van der Waals surface area (Å²) in [4.78, 5) is 19.4. The lowest BCUT2D eigenvalue weighted by atomic mass is 10.2. The van der Waals surface area contributed by atoms with E-state index in [1.165, 1.54) is 4.88 Å². The summed E-state index contributed by atoms with van der Waals surface area (Å²) in [7, 11) is 2.10. The first-order valence-corrected chi connectivity index (χ1v) is 5.72. The molecule has 76 valence electrons. The molecule has 0 spiro atoms. The maximum atomic E-state index is 11.4. The SMILES string of the molecule is CCC(=O)c1nc2c(s1)CN(C)CC2. The third kappa shape index (κ3) is 1.72. The molecular weight excluding hydrogens is 196 g/mol. The minimum absolute atomic E-state index is 0.173. The zero-order valence-electron chi connectivity index (χ0n) is 8.54. The maximum Gasteiger partial charge on any atom is 0.191 e. The topological polar surface area (TPSA) is 33.2 Å². The van der Waals surface area contributed by atoms with Gasteiger partial charge in [-0.15, -0.1) is 11.3 Å². The quantitative estimate of drug-likeness (QED) is 0.697. The highest BCUT2D eigenvalue weighted by atomic mass is 32.1. The Morgan fingerprint density at radius 2 is 2.43 bits per heavy atom. The van der Waals surface area contributed by atoms with Crippen LogP contribution in [-0.4, -0.2) is 29.3 Å². The molecule has 1 aromatic heterocycles. The number of fused-ring (bicyclic) bond motifs is 1. The number of carbonyl (C=O) groups is 1. The first-order valence-electron chi connectivity index (χ1n) is 4.91. The van der Waals surface area contributed by atoms with Gasteiger partial charge in [0, 0.05) is 30.8 Å². The normalized spacial score (nSPS) is 16.7. The highest BCUT2D eigenvalue weighted by molar-refractivity contribution is 7.13. The molecule has 2 rings (SSSR count). The first kappa shape index (κ1) is 9.80. The number of nitrogens with zero attached hydrogens (tertiary/aromatic N) is 2. The van der Waals surface area contributed by atoms with Gasteiger partial charge in [-0.2, -0.15) is 0 Å². The van der Waals surface area contributed by atoms with Crippen LogP contribution in [0.1, 0.15) is 33.7 Å². The lowest BCUT2D eigenvalue weighted by Crippen LogP contribution is -2.25. The van der Waals surface area contributed by atoms with E-state index in [-0.39, 0.29) is 5.78 Å². The van der Waals surface area contributed by atoms with Crippen LogP contribution in [0.25, 0.3) is 0 Å². The predicted molar refractivity (Wildman–Crippen MR) is 56.8 cm³/mol. The molecule has 0 aliphatic carbocycles. The van der Waals surface area contributed by atoms with Crippen molar-refractivity contribution in [2.45, 2.75) is 26.3 Å². The van der Waals surface area contributed by atoms with E-state index < -0.39 is 0 Å². The van der Waals surface area contributed by atoms with Crippen molar-refractivity contribution in [1.29, 1.82) is 0 Å². The monoisotopic (exact) mass is 210 g/mol. The van der Waals surface area contributed by atoms with E-state index in [9.17, 15) is 4.79 Å². The Balaban J connectivity index is 2.27. The van der Waals surface area contributed by atoms with Crippen LogP contribution < -0.4 is 0 Å². The Hall–Kier alpha value is -0.740. The van der Waals surface area contributed by atoms with Crippen LogP contribution >= 0.6 is 11.3 Å². The van der Waals surface area contributed by atoms with Gasteiger partial charge in [-0.05, 0) is 7.05 Å². The van der Waals surface area contributed by atoms with E-state index in [2.05, 4.69) is 16.9 Å². The highest BCUT2D eigenvalue weighted by Gasteiger charge is 2.20. The molecule has 0 atom stereocenters. The molecule has 0 saturated carbocycles. The molecule has 2 heterocycles. The predicted octanol–water partition coefficient (Wildman–Crippen LogP) is 1.72. The van der Waals surface area contributed by atoms with Crippen molar-refractivity contribution in [2.24, 2.45) is 0 Å². The zero-order chi connectivity index (χ0) is 10.1. The maximum absolute atomic E-state index is 11.4. The molecule has 0 amide bonds. The van der Waals surface area contributed by atoms with E-state index in [0.717, 1.165) is 25.2 Å². The van der Waals surface area contributed by atoms with Crippen LogP contribution in [0, 0.1) is 0 Å². The summed E-state index contributed by atoms with van der Waals surface area (Å²) in [5.74, 6) is 0.173. The summed E-state index contributed by atoms with van der Waals surface area (Å²) in [6.07, 6.45) is 1.54. The average Bonchev–Trinajstić information content (AvgIpc) is 2.59. The van der Waals surface area contributed by atoms with Gasteiger partial charge in [0.2, 0.25) is 0 Å².